The molecule has 1 aromatic heterocycles. The van der Waals surface area contributed by atoms with E-state index in [-0.39, 0.29) is 16.5 Å². The predicted molar refractivity (Wildman–Crippen MR) is 71.6 cm³/mol. The highest BCUT2D eigenvalue weighted by atomic mass is 32.2. The van der Waals surface area contributed by atoms with E-state index in [1.807, 2.05) is 13.8 Å². The summed E-state index contributed by atoms with van der Waals surface area (Å²) in [5, 5.41) is 8.96. The van der Waals surface area contributed by atoms with Gasteiger partial charge in [-0.15, -0.1) is 0 Å². The quantitative estimate of drug-likeness (QED) is 0.858. The van der Waals surface area contributed by atoms with Crippen LogP contribution in [-0.2, 0) is 17.1 Å². The number of carboxylic acid groups (broad SMARTS) is 1. The fourth-order valence-electron chi connectivity index (χ4n) is 1.84. The lowest BCUT2D eigenvalue weighted by molar-refractivity contribution is 0.0686. The number of aryl methyl sites for hydroxylation is 1. The number of hydrogen-bond donors (Lipinski definition) is 1. The van der Waals surface area contributed by atoms with E-state index in [2.05, 4.69) is 0 Å². The molecule has 19 heavy (non-hydrogen) atoms. The first-order valence-electron chi connectivity index (χ1n) is 6.10. The third kappa shape index (κ3) is 3.36. The monoisotopic (exact) mass is 288 g/mol. The minimum atomic E-state index is -3.63. The summed E-state index contributed by atoms with van der Waals surface area (Å²) < 4.78 is 27.5. The second kappa shape index (κ2) is 5.75. The van der Waals surface area contributed by atoms with Crippen LogP contribution in [0.3, 0.4) is 0 Å². The van der Waals surface area contributed by atoms with Gasteiger partial charge in [0.2, 0.25) is 10.0 Å². The van der Waals surface area contributed by atoms with E-state index in [0.29, 0.717) is 13.1 Å². The van der Waals surface area contributed by atoms with E-state index in [9.17, 15) is 13.2 Å². The molecule has 108 valence electrons. The normalized spacial score (nSPS) is 12.3. The van der Waals surface area contributed by atoms with Crippen molar-refractivity contribution in [3.05, 3.63) is 18.0 Å². The third-order valence-corrected chi connectivity index (χ3v) is 4.66. The van der Waals surface area contributed by atoms with Crippen molar-refractivity contribution >= 4 is 16.0 Å². The van der Waals surface area contributed by atoms with Crippen LogP contribution in [0, 0.1) is 5.92 Å². The van der Waals surface area contributed by atoms with Gasteiger partial charge in [-0.2, -0.15) is 4.31 Å². The molecule has 1 heterocycles. The van der Waals surface area contributed by atoms with Crippen molar-refractivity contribution in [2.45, 2.75) is 25.7 Å². The van der Waals surface area contributed by atoms with Gasteiger partial charge in [0.05, 0.1) is 0 Å². The van der Waals surface area contributed by atoms with Crippen LogP contribution in [-0.4, -0.2) is 41.5 Å². The summed E-state index contributed by atoms with van der Waals surface area (Å²) in [6, 6.07) is 1.20. The van der Waals surface area contributed by atoms with Gasteiger partial charge in [-0.05, 0) is 12.0 Å². The van der Waals surface area contributed by atoms with Crippen LogP contribution in [0.2, 0.25) is 0 Å². The molecular formula is C12H20N2O4S. The summed E-state index contributed by atoms with van der Waals surface area (Å²) in [4.78, 5) is 11.0. The Morgan fingerprint density at radius 1 is 1.47 bits per heavy atom. The van der Waals surface area contributed by atoms with Crippen molar-refractivity contribution in [3.8, 4) is 0 Å². The molecule has 6 nitrogen and oxygen atoms in total. The molecule has 0 spiro atoms. The van der Waals surface area contributed by atoms with Gasteiger partial charge in [-0.1, -0.05) is 20.8 Å². The summed E-state index contributed by atoms with van der Waals surface area (Å²) in [7, 11) is -2.12. The van der Waals surface area contributed by atoms with E-state index < -0.39 is 16.0 Å². The predicted octanol–water partition coefficient (Wildman–Crippen LogP) is 1.39. The molecule has 0 amide bonds. The summed E-state index contributed by atoms with van der Waals surface area (Å²) in [6.45, 7) is 6.41. The van der Waals surface area contributed by atoms with Crippen LogP contribution in [0.25, 0.3) is 0 Å². The van der Waals surface area contributed by atoms with Crippen molar-refractivity contribution in [3.63, 3.8) is 0 Å². The van der Waals surface area contributed by atoms with Crippen molar-refractivity contribution < 1.29 is 18.3 Å². The van der Waals surface area contributed by atoms with E-state index >= 15 is 0 Å². The number of sulfonamides is 1. The lowest BCUT2D eigenvalue weighted by Crippen LogP contribution is -2.33. The highest BCUT2D eigenvalue weighted by Gasteiger charge is 2.26. The van der Waals surface area contributed by atoms with Gasteiger partial charge in [-0.25, -0.2) is 13.2 Å². The Balaban J connectivity index is 3.19. The van der Waals surface area contributed by atoms with Gasteiger partial charge in [0.15, 0.2) is 0 Å². The zero-order chi connectivity index (χ0) is 14.8. The van der Waals surface area contributed by atoms with Gasteiger partial charge in [0.1, 0.15) is 10.6 Å². The number of hydrogen-bond acceptors (Lipinski definition) is 3. The molecule has 0 aliphatic carbocycles. The van der Waals surface area contributed by atoms with Gasteiger partial charge < -0.3 is 9.67 Å². The summed E-state index contributed by atoms with van der Waals surface area (Å²) in [5.74, 6) is -0.937. The molecule has 1 N–H and O–H groups in total. The molecule has 0 atom stereocenters. The van der Waals surface area contributed by atoms with Gasteiger partial charge in [0.25, 0.3) is 0 Å². The van der Waals surface area contributed by atoms with Gasteiger partial charge in [0, 0.05) is 26.3 Å². The highest BCUT2D eigenvalue weighted by molar-refractivity contribution is 7.89. The van der Waals surface area contributed by atoms with Crippen molar-refractivity contribution in [2.24, 2.45) is 13.0 Å². The Morgan fingerprint density at radius 3 is 2.42 bits per heavy atom. The fraction of sp³-hybridized carbons (Fsp3) is 0.583. The summed E-state index contributed by atoms with van der Waals surface area (Å²) in [6.07, 6.45) is 1.34. The lowest BCUT2D eigenvalue weighted by atomic mass is 10.2. The van der Waals surface area contributed by atoms with E-state index in [1.165, 1.54) is 28.2 Å². The van der Waals surface area contributed by atoms with Crippen LogP contribution in [0.5, 0.6) is 0 Å². The molecule has 1 rings (SSSR count). The Hall–Kier alpha value is -1.34. The average Bonchev–Trinajstić information content (AvgIpc) is 2.68. The molecule has 0 radical (unpaired) electrons. The van der Waals surface area contributed by atoms with E-state index in [1.54, 1.807) is 6.92 Å². The van der Waals surface area contributed by atoms with Crippen LogP contribution < -0.4 is 0 Å². The van der Waals surface area contributed by atoms with Crippen molar-refractivity contribution in [1.82, 2.24) is 8.87 Å². The number of nitrogens with zero attached hydrogens (tertiary/aromatic N) is 2. The van der Waals surface area contributed by atoms with Crippen molar-refractivity contribution in [1.29, 1.82) is 0 Å². The number of carbonyl (C=O) groups is 1. The SMILES string of the molecule is CCN(CC(C)C)S(=O)(=O)c1cc(C(=O)O)n(C)c1. The molecule has 0 saturated carbocycles. The molecule has 0 unspecified atom stereocenters. The zero-order valence-corrected chi connectivity index (χ0v) is 12.4. The Morgan fingerprint density at radius 2 is 2.05 bits per heavy atom. The van der Waals surface area contributed by atoms with Crippen molar-refractivity contribution in [2.75, 3.05) is 13.1 Å². The first-order valence-corrected chi connectivity index (χ1v) is 7.54. The number of aromatic carboxylic acids is 1. The molecule has 7 heteroatoms. The molecule has 0 aromatic carbocycles. The number of carboxylic acids is 1. The molecule has 1 aromatic rings. The Kier molecular flexibility index (Phi) is 4.75. The molecule has 0 saturated heterocycles. The topological polar surface area (TPSA) is 79.6 Å². The second-order valence-electron chi connectivity index (χ2n) is 4.83. The van der Waals surface area contributed by atoms with Gasteiger partial charge in [-0.3, -0.25) is 0 Å². The smallest absolute Gasteiger partial charge is 0.352 e. The molecule has 0 fully saturated rings. The maximum absolute atomic E-state index is 12.4. The van der Waals surface area contributed by atoms with E-state index in [0.717, 1.165) is 0 Å². The minimum absolute atomic E-state index is 0.0231. The molecule has 0 bridgehead atoms. The largest absolute Gasteiger partial charge is 0.477 e. The standard InChI is InChI=1S/C12H20N2O4S/c1-5-14(7-9(2)3)19(17,18)10-6-11(12(15)16)13(4)8-10/h6,8-9H,5,7H2,1-4H3,(H,15,16). The first-order chi connectivity index (χ1) is 8.70. The maximum Gasteiger partial charge on any atom is 0.352 e. The van der Waals surface area contributed by atoms with Gasteiger partial charge >= 0.3 is 5.97 Å². The van der Waals surface area contributed by atoms with Crippen LogP contribution in [0.4, 0.5) is 0 Å². The lowest BCUT2D eigenvalue weighted by Gasteiger charge is -2.21. The fourth-order valence-corrected chi connectivity index (χ4v) is 3.53. The van der Waals surface area contributed by atoms with Crippen LogP contribution in [0.1, 0.15) is 31.3 Å². The third-order valence-electron chi connectivity index (χ3n) is 2.76. The first kappa shape index (κ1) is 15.7. The Labute approximate surface area is 113 Å². The molecule has 0 aliphatic heterocycles. The summed E-state index contributed by atoms with van der Waals surface area (Å²) in [5.41, 5.74) is -0.0424. The summed E-state index contributed by atoms with van der Waals surface area (Å²) >= 11 is 0. The molecule has 0 aliphatic rings. The average molecular weight is 288 g/mol. The number of rotatable bonds is 6. The highest BCUT2D eigenvalue weighted by Crippen LogP contribution is 2.19. The zero-order valence-electron chi connectivity index (χ0n) is 11.6. The second-order valence-corrected chi connectivity index (χ2v) is 6.76. The molecular weight excluding hydrogens is 268 g/mol. The van der Waals surface area contributed by atoms with Crippen LogP contribution >= 0.6 is 0 Å². The maximum atomic E-state index is 12.4. The minimum Gasteiger partial charge on any atom is -0.477 e. The van der Waals surface area contributed by atoms with Crippen LogP contribution in [0.15, 0.2) is 17.2 Å². The van der Waals surface area contributed by atoms with E-state index in [4.69, 9.17) is 5.11 Å². The Bertz CT molecular complexity index is 560. The number of aromatic nitrogens is 1.